The van der Waals surface area contributed by atoms with Crippen molar-refractivity contribution in [1.29, 1.82) is 0 Å². The number of carbonyl (C=O) groups is 1. The molecule has 0 aromatic rings. The summed E-state index contributed by atoms with van der Waals surface area (Å²) in [6.07, 6.45) is 0.551. The lowest BCUT2D eigenvalue weighted by molar-refractivity contribution is -0.129. The minimum absolute atomic E-state index is 0.205. The Kier molecular flexibility index (Phi) is 4.39. The smallest absolute Gasteiger partial charge is 0.350 e. The number of alkyl halides is 1. The van der Waals surface area contributed by atoms with Crippen molar-refractivity contribution in [1.82, 2.24) is 0 Å². The second-order valence-electron chi connectivity index (χ2n) is 1.09. The molecule has 9 heavy (non-hydrogen) atoms. The molecule has 0 aliphatic heterocycles. The first-order valence-corrected chi connectivity index (χ1v) is 2.21. The second-order valence-corrected chi connectivity index (χ2v) is 1.09. The highest BCUT2D eigenvalue weighted by Gasteiger charge is 1.85. The molecule has 52 valence electrons. The summed E-state index contributed by atoms with van der Waals surface area (Å²) in [6, 6.07) is 0. The van der Waals surface area contributed by atoms with Gasteiger partial charge in [-0.1, -0.05) is 5.16 Å². The molecule has 0 fully saturated rings. The van der Waals surface area contributed by atoms with E-state index in [-0.39, 0.29) is 6.61 Å². The van der Waals surface area contributed by atoms with E-state index < -0.39 is 12.6 Å². The molecule has 0 radical (unpaired) electrons. The van der Waals surface area contributed by atoms with Crippen molar-refractivity contribution < 1.29 is 19.1 Å². The van der Waals surface area contributed by atoms with Crippen LogP contribution in [0.4, 0.5) is 4.39 Å². The van der Waals surface area contributed by atoms with Crippen LogP contribution in [0, 0.1) is 0 Å². The van der Waals surface area contributed by atoms with E-state index >= 15 is 0 Å². The molecule has 0 aliphatic carbocycles. The van der Waals surface area contributed by atoms with Crippen molar-refractivity contribution >= 4 is 12.2 Å². The minimum Gasteiger partial charge on any atom is -0.477 e. The van der Waals surface area contributed by atoms with Crippen molar-refractivity contribution in [3.8, 4) is 0 Å². The first-order chi connectivity index (χ1) is 4.27. The summed E-state index contributed by atoms with van der Waals surface area (Å²) in [5.74, 6) is -1.21. The SMILES string of the molecule is O=C(O)/C=N/OCCF. The molecule has 0 rings (SSSR count). The van der Waals surface area contributed by atoms with E-state index in [1.165, 1.54) is 0 Å². The lowest BCUT2D eigenvalue weighted by Crippen LogP contribution is -1.97. The molecular formula is C4H6FNO3. The quantitative estimate of drug-likeness (QED) is 0.336. The lowest BCUT2D eigenvalue weighted by atomic mass is 10.8. The maximum absolute atomic E-state index is 11.2. The number of carboxylic acid groups (broad SMARTS) is 1. The van der Waals surface area contributed by atoms with Gasteiger partial charge in [-0.2, -0.15) is 0 Å². The van der Waals surface area contributed by atoms with E-state index in [9.17, 15) is 9.18 Å². The van der Waals surface area contributed by atoms with Gasteiger partial charge >= 0.3 is 5.97 Å². The molecule has 1 N–H and O–H groups in total. The highest BCUT2D eigenvalue weighted by Crippen LogP contribution is 1.74. The van der Waals surface area contributed by atoms with Gasteiger partial charge in [-0.05, 0) is 0 Å². The number of oxime groups is 1. The molecule has 0 aromatic heterocycles. The van der Waals surface area contributed by atoms with Gasteiger partial charge in [0.25, 0.3) is 0 Å². The van der Waals surface area contributed by atoms with Crippen molar-refractivity contribution in [2.24, 2.45) is 5.16 Å². The summed E-state index contributed by atoms with van der Waals surface area (Å²) in [4.78, 5) is 13.7. The third-order valence-electron chi connectivity index (χ3n) is 0.406. The standard InChI is InChI=1S/C4H6FNO3/c5-1-2-9-6-3-4(7)8/h3H,1-2H2,(H,7,8)/b6-3+. The summed E-state index contributed by atoms with van der Waals surface area (Å²) < 4.78 is 11.2. The van der Waals surface area contributed by atoms with Crippen molar-refractivity contribution in [2.75, 3.05) is 13.3 Å². The molecule has 0 unspecified atom stereocenters. The molecule has 5 heteroatoms. The maximum Gasteiger partial charge on any atom is 0.350 e. The average Bonchev–Trinajstić information content (AvgIpc) is 1.80. The van der Waals surface area contributed by atoms with Crippen LogP contribution in [-0.2, 0) is 9.63 Å². The van der Waals surface area contributed by atoms with E-state index in [0.29, 0.717) is 6.21 Å². The summed E-state index contributed by atoms with van der Waals surface area (Å²) in [5.41, 5.74) is 0. The first kappa shape index (κ1) is 7.87. The van der Waals surface area contributed by atoms with E-state index in [2.05, 4.69) is 9.99 Å². The van der Waals surface area contributed by atoms with Crippen molar-refractivity contribution in [3.63, 3.8) is 0 Å². The zero-order chi connectivity index (χ0) is 7.11. The molecular weight excluding hydrogens is 129 g/mol. The van der Waals surface area contributed by atoms with Crippen molar-refractivity contribution in [3.05, 3.63) is 0 Å². The predicted octanol–water partition coefficient (Wildman–Crippen LogP) is 0.0429. The van der Waals surface area contributed by atoms with Gasteiger partial charge in [0.2, 0.25) is 0 Å². The van der Waals surface area contributed by atoms with Gasteiger partial charge in [0.15, 0.2) is 6.21 Å². The third kappa shape index (κ3) is 6.87. The Morgan fingerprint density at radius 2 is 2.56 bits per heavy atom. The van der Waals surface area contributed by atoms with E-state index in [1.807, 2.05) is 0 Å². The Bertz CT molecular complexity index is 114. The molecule has 0 bridgehead atoms. The van der Waals surface area contributed by atoms with Crippen LogP contribution in [-0.4, -0.2) is 30.6 Å². The number of nitrogens with zero attached hydrogens (tertiary/aromatic N) is 1. The Morgan fingerprint density at radius 3 is 3.00 bits per heavy atom. The molecule has 0 spiro atoms. The molecule has 0 heterocycles. The van der Waals surface area contributed by atoms with Gasteiger partial charge in [0.05, 0.1) is 0 Å². The first-order valence-electron chi connectivity index (χ1n) is 2.21. The van der Waals surface area contributed by atoms with Gasteiger partial charge in [-0.3, -0.25) is 0 Å². The minimum atomic E-state index is -1.21. The zero-order valence-electron chi connectivity index (χ0n) is 4.58. The number of hydrogen-bond acceptors (Lipinski definition) is 3. The predicted molar refractivity (Wildman–Crippen MR) is 28.1 cm³/mol. The van der Waals surface area contributed by atoms with Gasteiger partial charge in [0, 0.05) is 0 Å². The number of halogens is 1. The second kappa shape index (κ2) is 5.02. The summed E-state index contributed by atoms with van der Waals surface area (Å²) in [5, 5.41) is 10.8. The molecule has 0 aromatic carbocycles. The van der Waals surface area contributed by atoms with Crippen LogP contribution in [0.15, 0.2) is 5.16 Å². The van der Waals surface area contributed by atoms with Crippen molar-refractivity contribution in [2.45, 2.75) is 0 Å². The maximum atomic E-state index is 11.2. The molecule has 0 saturated carbocycles. The van der Waals surface area contributed by atoms with Gasteiger partial charge in [-0.25, -0.2) is 9.18 Å². The largest absolute Gasteiger partial charge is 0.477 e. The van der Waals surface area contributed by atoms with Gasteiger partial charge in [0.1, 0.15) is 13.3 Å². The van der Waals surface area contributed by atoms with Crippen LogP contribution in [0.25, 0.3) is 0 Å². The fourth-order valence-electron chi connectivity index (χ4n) is 0.170. The Hall–Kier alpha value is -1.13. The average molecular weight is 135 g/mol. The van der Waals surface area contributed by atoms with Crippen LogP contribution < -0.4 is 0 Å². The van der Waals surface area contributed by atoms with Crippen LogP contribution in [0.5, 0.6) is 0 Å². The van der Waals surface area contributed by atoms with E-state index in [4.69, 9.17) is 5.11 Å². The highest BCUT2D eigenvalue weighted by atomic mass is 19.1. The highest BCUT2D eigenvalue weighted by molar-refractivity contribution is 6.21. The number of aliphatic carboxylic acids is 1. The Morgan fingerprint density at radius 1 is 1.89 bits per heavy atom. The molecule has 4 nitrogen and oxygen atoms in total. The van der Waals surface area contributed by atoms with E-state index in [0.717, 1.165) is 0 Å². The zero-order valence-corrected chi connectivity index (χ0v) is 4.58. The summed E-state index contributed by atoms with van der Waals surface area (Å²) >= 11 is 0. The molecule has 0 aliphatic rings. The normalized spacial score (nSPS) is 9.89. The number of hydrogen-bond donors (Lipinski definition) is 1. The van der Waals surface area contributed by atoms with Crippen LogP contribution in [0.1, 0.15) is 0 Å². The van der Waals surface area contributed by atoms with E-state index in [1.54, 1.807) is 0 Å². The Labute approximate surface area is 50.9 Å². The summed E-state index contributed by atoms with van der Waals surface area (Å²) in [7, 11) is 0. The number of carboxylic acids is 1. The molecule has 0 amide bonds. The Balaban J connectivity index is 3.15. The third-order valence-corrected chi connectivity index (χ3v) is 0.406. The topological polar surface area (TPSA) is 58.9 Å². The molecule has 0 atom stereocenters. The fraction of sp³-hybridized carbons (Fsp3) is 0.500. The monoisotopic (exact) mass is 135 g/mol. The fourth-order valence-corrected chi connectivity index (χ4v) is 0.170. The van der Waals surface area contributed by atoms with Gasteiger partial charge < -0.3 is 9.94 Å². The lowest BCUT2D eigenvalue weighted by Gasteiger charge is -1.88. The van der Waals surface area contributed by atoms with Crippen LogP contribution >= 0.6 is 0 Å². The summed E-state index contributed by atoms with van der Waals surface area (Å²) in [6.45, 7) is -0.874. The number of rotatable bonds is 4. The van der Waals surface area contributed by atoms with Crippen LogP contribution in [0.3, 0.4) is 0 Å². The van der Waals surface area contributed by atoms with Gasteiger partial charge in [-0.15, -0.1) is 0 Å². The van der Waals surface area contributed by atoms with Crippen LogP contribution in [0.2, 0.25) is 0 Å². The molecule has 0 saturated heterocycles.